The maximum absolute atomic E-state index is 13.4. The van der Waals surface area contributed by atoms with E-state index in [2.05, 4.69) is 0 Å². The zero-order valence-electron chi connectivity index (χ0n) is 8.53. The minimum atomic E-state index is -1.89. The Morgan fingerprint density at radius 3 is 2.53 bits per heavy atom. The second kappa shape index (κ2) is 5.00. The Morgan fingerprint density at radius 1 is 1.40 bits per heavy atom. The van der Waals surface area contributed by atoms with Gasteiger partial charge in [-0.1, -0.05) is 0 Å². The highest BCUT2D eigenvalue weighted by Gasteiger charge is 2.21. The molecule has 0 saturated carbocycles. The number of hydrogen-bond donors (Lipinski definition) is 2. The summed E-state index contributed by atoms with van der Waals surface area (Å²) in [6, 6.07) is 2.58. The van der Waals surface area contributed by atoms with Gasteiger partial charge in [-0.2, -0.15) is 0 Å². The predicted molar refractivity (Wildman–Crippen MR) is 53.9 cm³/mol. The highest BCUT2D eigenvalue weighted by atomic mass is 19.1. The largest absolute Gasteiger partial charge is 0.494 e. The van der Waals surface area contributed by atoms with Crippen molar-refractivity contribution in [1.29, 1.82) is 0 Å². The summed E-state index contributed by atoms with van der Waals surface area (Å²) in [5, 5.41) is 17.8. The van der Waals surface area contributed by atoms with Crippen LogP contribution < -0.4 is 14.9 Å². The third-order valence-corrected chi connectivity index (χ3v) is 1.85. The summed E-state index contributed by atoms with van der Waals surface area (Å²) in [5.74, 6) is -0.543. The first-order valence-electron chi connectivity index (χ1n) is 4.46. The summed E-state index contributed by atoms with van der Waals surface area (Å²) in [5.41, 5.74) is -0.266. The van der Waals surface area contributed by atoms with Gasteiger partial charge in [-0.3, -0.25) is 0 Å². The van der Waals surface area contributed by atoms with Crippen LogP contribution in [0, 0.1) is 5.82 Å². The Morgan fingerprint density at radius 2 is 2.07 bits per heavy atom. The zero-order valence-corrected chi connectivity index (χ0v) is 8.53. The van der Waals surface area contributed by atoms with Gasteiger partial charge in [0.05, 0.1) is 13.7 Å². The molecule has 1 rings (SSSR count). The Balaban J connectivity index is 3.19. The lowest BCUT2D eigenvalue weighted by Crippen LogP contribution is -2.33. The van der Waals surface area contributed by atoms with Crippen molar-refractivity contribution in [1.82, 2.24) is 0 Å². The molecule has 82 valence electrons. The van der Waals surface area contributed by atoms with E-state index in [1.54, 1.807) is 6.92 Å². The van der Waals surface area contributed by atoms with Crippen LogP contribution in [0.15, 0.2) is 12.1 Å². The molecular weight excluding hydrogens is 202 g/mol. The molecule has 0 atom stereocenters. The molecule has 0 unspecified atom stereocenters. The monoisotopic (exact) mass is 214 g/mol. The van der Waals surface area contributed by atoms with E-state index in [0.29, 0.717) is 12.4 Å². The van der Waals surface area contributed by atoms with Gasteiger partial charge in [-0.05, 0) is 13.0 Å². The predicted octanol–water partition coefficient (Wildman–Crippen LogP) is -0.0872. The molecule has 2 N–H and O–H groups in total. The van der Waals surface area contributed by atoms with Crippen molar-refractivity contribution in [3.05, 3.63) is 17.9 Å². The lowest BCUT2D eigenvalue weighted by molar-refractivity contribution is 0.332. The quantitative estimate of drug-likeness (QED) is 0.687. The summed E-state index contributed by atoms with van der Waals surface area (Å²) in [4.78, 5) is 0. The Kier molecular flexibility index (Phi) is 3.93. The van der Waals surface area contributed by atoms with Crippen LogP contribution in [0.3, 0.4) is 0 Å². The highest BCUT2D eigenvalue weighted by molar-refractivity contribution is 6.58. The van der Waals surface area contributed by atoms with Crippen LogP contribution in [0.1, 0.15) is 6.92 Å². The summed E-state index contributed by atoms with van der Waals surface area (Å²) < 4.78 is 23.3. The first-order valence-corrected chi connectivity index (χ1v) is 4.46. The molecule has 0 amide bonds. The van der Waals surface area contributed by atoms with Crippen molar-refractivity contribution in [2.45, 2.75) is 6.92 Å². The van der Waals surface area contributed by atoms with Crippen molar-refractivity contribution in [3.63, 3.8) is 0 Å². The van der Waals surface area contributed by atoms with Gasteiger partial charge in [0.1, 0.15) is 5.75 Å². The Labute approximate surface area is 87.4 Å². The minimum absolute atomic E-state index is 0.0796. The van der Waals surface area contributed by atoms with E-state index in [9.17, 15) is 4.39 Å². The number of halogens is 1. The highest BCUT2D eigenvalue weighted by Crippen LogP contribution is 2.21. The molecule has 0 radical (unpaired) electrons. The lowest BCUT2D eigenvalue weighted by Gasteiger charge is -2.10. The van der Waals surface area contributed by atoms with Gasteiger partial charge in [-0.15, -0.1) is 0 Å². The molecule has 6 heteroatoms. The van der Waals surface area contributed by atoms with E-state index >= 15 is 0 Å². The van der Waals surface area contributed by atoms with Gasteiger partial charge < -0.3 is 19.5 Å². The van der Waals surface area contributed by atoms with Gasteiger partial charge in [0.2, 0.25) is 0 Å². The second-order valence-electron chi connectivity index (χ2n) is 2.84. The summed E-state index contributed by atoms with van der Waals surface area (Å²) in [7, 11) is -0.596. The van der Waals surface area contributed by atoms with Crippen LogP contribution in [0.2, 0.25) is 0 Å². The average molecular weight is 214 g/mol. The Bertz CT molecular complexity index is 343. The van der Waals surface area contributed by atoms with Gasteiger partial charge >= 0.3 is 7.12 Å². The summed E-state index contributed by atoms with van der Waals surface area (Å²) >= 11 is 0. The lowest BCUT2D eigenvalue weighted by atomic mass is 9.79. The van der Waals surface area contributed by atoms with E-state index in [1.807, 2.05) is 0 Å². The van der Waals surface area contributed by atoms with Gasteiger partial charge in [-0.25, -0.2) is 4.39 Å². The van der Waals surface area contributed by atoms with E-state index < -0.39 is 12.9 Å². The molecule has 0 saturated heterocycles. The molecule has 0 aromatic heterocycles. The molecule has 15 heavy (non-hydrogen) atoms. The fraction of sp³-hybridized carbons (Fsp3) is 0.333. The Hall–Kier alpha value is -1.27. The van der Waals surface area contributed by atoms with Crippen LogP contribution in [-0.4, -0.2) is 30.9 Å². The minimum Gasteiger partial charge on any atom is -0.494 e. The van der Waals surface area contributed by atoms with E-state index in [-0.39, 0.29) is 11.2 Å². The van der Waals surface area contributed by atoms with Crippen molar-refractivity contribution in [3.8, 4) is 11.5 Å². The topological polar surface area (TPSA) is 58.9 Å². The van der Waals surface area contributed by atoms with Crippen LogP contribution in [0.4, 0.5) is 4.39 Å². The molecule has 0 spiro atoms. The first kappa shape index (κ1) is 11.8. The maximum atomic E-state index is 13.4. The van der Waals surface area contributed by atoms with Crippen molar-refractivity contribution in [2.24, 2.45) is 0 Å². The SMILES string of the molecule is CCOc1cc(OC)c(F)c(B(O)O)c1. The fourth-order valence-corrected chi connectivity index (χ4v) is 1.18. The van der Waals surface area contributed by atoms with Gasteiger partial charge in [0.15, 0.2) is 11.6 Å². The molecule has 0 heterocycles. The van der Waals surface area contributed by atoms with Gasteiger partial charge in [0, 0.05) is 11.5 Å². The number of benzene rings is 1. The van der Waals surface area contributed by atoms with Crippen LogP contribution in [-0.2, 0) is 0 Å². The van der Waals surface area contributed by atoms with Crippen LogP contribution in [0.25, 0.3) is 0 Å². The molecule has 4 nitrogen and oxygen atoms in total. The summed E-state index contributed by atoms with van der Waals surface area (Å²) in [6.07, 6.45) is 0. The third kappa shape index (κ3) is 2.61. The zero-order chi connectivity index (χ0) is 11.4. The molecule has 1 aromatic carbocycles. The molecule has 0 aliphatic rings. The van der Waals surface area contributed by atoms with E-state index in [4.69, 9.17) is 19.5 Å². The summed E-state index contributed by atoms with van der Waals surface area (Å²) in [6.45, 7) is 2.17. The molecule has 0 aliphatic carbocycles. The van der Waals surface area contributed by atoms with Gasteiger partial charge in [0.25, 0.3) is 0 Å². The molecule has 0 bridgehead atoms. The number of hydrogen-bond acceptors (Lipinski definition) is 4. The standard InChI is InChI=1S/C9H12BFO4/c1-3-15-6-4-7(10(12)13)9(11)8(5-6)14-2/h4-5,12-13H,3H2,1-2H3. The number of rotatable bonds is 4. The van der Waals surface area contributed by atoms with E-state index in [1.165, 1.54) is 19.2 Å². The van der Waals surface area contributed by atoms with Crippen molar-refractivity contribution < 1.29 is 23.9 Å². The second-order valence-corrected chi connectivity index (χ2v) is 2.84. The average Bonchev–Trinajstić information content (AvgIpc) is 2.20. The smallest absolute Gasteiger partial charge is 0.491 e. The number of ether oxygens (including phenoxy) is 2. The fourth-order valence-electron chi connectivity index (χ4n) is 1.18. The van der Waals surface area contributed by atoms with Crippen molar-refractivity contribution in [2.75, 3.05) is 13.7 Å². The normalized spacial score (nSPS) is 9.93. The van der Waals surface area contributed by atoms with Crippen LogP contribution >= 0.6 is 0 Å². The maximum Gasteiger partial charge on any atom is 0.491 e. The number of methoxy groups -OCH3 is 1. The molecule has 0 fully saturated rings. The van der Waals surface area contributed by atoms with E-state index in [0.717, 1.165) is 0 Å². The first-order chi connectivity index (χ1) is 7.10. The molecule has 0 aliphatic heterocycles. The molecular formula is C9H12BFO4. The van der Waals surface area contributed by atoms with Crippen molar-refractivity contribution >= 4 is 12.6 Å². The molecule has 1 aromatic rings. The van der Waals surface area contributed by atoms with Crippen LogP contribution in [0.5, 0.6) is 11.5 Å². The third-order valence-electron chi connectivity index (χ3n) is 1.85.